The lowest BCUT2D eigenvalue weighted by molar-refractivity contribution is -0.305. The van der Waals surface area contributed by atoms with Crippen LogP contribution in [0.4, 0.5) is 0 Å². The zero-order valence-corrected chi connectivity index (χ0v) is 20.0. The number of benzene rings is 1. The third kappa shape index (κ3) is 5.22. The lowest BCUT2D eigenvalue weighted by Gasteiger charge is -2.14. The maximum atomic E-state index is 12.8. The normalized spacial score (nSPS) is 15.4. The van der Waals surface area contributed by atoms with Gasteiger partial charge in [0.15, 0.2) is 0 Å². The van der Waals surface area contributed by atoms with Crippen molar-refractivity contribution in [3.63, 3.8) is 0 Å². The Morgan fingerprint density at radius 1 is 1.20 bits per heavy atom. The summed E-state index contributed by atoms with van der Waals surface area (Å²) in [7, 11) is 0. The minimum Gasteiger partial charge on any atom is -0.550 e. The molecule has 2 heterocycles. The Morgan fingerprint density at radius 2 is 1.90 bits per heavy atom. The van der Waals surface area contributed by atoms with E-state index in [1.54, 1.807) is 4.90 Å². The summed E-state index contributed by atoms with van der Waals surface area (Å²) in [5, 5.41) is 10.5. The standard InChI is InChI=1S/C22H23BrN2O3S2/c1-14-12-16(15(2)25(14)18-9-7-17(23)8-10-18)13-19-21(28)24(22(29)30-19)11-5-3-4-6-20(26)27/h7-10,12-13H,3-6,11H2,1-2H3,(H,26,27)/p-1/b19-13-. The summed E-state index contributed by atoms with van der Waals surface area (Å²) in [6.07, 6.45) is 3.94. The molecule has 158 valence electrons. The van der Waals surface area contributed by atoms with Gasteiger partial charge in [-0.15, -0.1) is 0 Å². The molecule has 0 aliphatic carbocycles. The highest BCUT2D eigenvalue weighted by molar-refractivity contribution is 9.10. The second-order valence-corrected chi connectivity index (χ2v) is 9.75. The maximum Gasteiger partial charge on any atom is 0.266 e. The first-order valence-corrected chi connectivity index (χ1v) is 11.7. The van der Waals surface area contributed by atoms with Gasteiger partial charge in [-0.1, -0.05) is 46.3 Å². The van der Waals surface area contributed by atoms with Crippen LogP contribution in [-0.4, -0.2) is 32.2 Å². The number of hydrogen-bond donors (Lipinski definition) is 0. The van der Waals surface area contributed by atoms with E-state index in [9.17, 15) is 14.7 Å². The minimum absolute atomic E-state index is 0.0479. The number of unbranched alkanes of at least 4 members (excludes halogenated alkanes) is 2. The summed E-state index contributed by atoms with van der Waals surface area (Å²) in [6.45, 7) is 4.59. The Hall–Kier alpha value is -1.90. The number of amides is 1. The lowest BCUT2D eigenvalue weighted by Crippen LogP contribution is -2.29. The highest BCUT2D eigenvalue weighted by Gasteiger charge is 2.31. The number of carboxylic acids is 1. The van der Waals surface area contributed by atoms with E-state index < -0.39 is 5.97 Å². The average molecular weight is 506 g/mol. The van der Waals surface area contributed by atoms with Crippen molar-refractivity contribution in [1.29, 1.82) is 0 Å². The molecule has 3 rings (SSSR count). The summed E-state index contributed by atoms with van der Waals surface area (Å²) < 4.78 is 3.74. The molecule has 0 N–H and O–H groups in total. The summed E-state index contributed by atoms with van der Waals surface area (Å²) in [6, 6.07) is 10.2. The summed E-state index contributed by atoms with van der Waals surface area (Å²) in [5.41, 5.74) is 4.20. The van der Waals surface area contributed by atoms with Gasteiger partial charge in [-0.25, -0.2) is 0 Å². The van der Waals surface area contributed by atoms with E-state index in [2.05, 4.69) is 26.6 Å². The largest absolute Gasteiger partial charge is 0.550 e. The maximum absolute atomic E-state index is 12.8. The number of thiocarbonyl (C=S) groups is 1. The number of carbonyl (C=O) groups is 2. The van der Waals surface area contributed by atoms with E-state index in [0.29, 0.717) is 28.6 Å². The smallest absolute Gasteiger partial charge is 0.266 e. The van der Waals surface area contributed by atoms with Crippen LogP contribution in [0, 0.1) is 13.8 Å². The monoisotopic (exact) mass is 505 g/mol. The molecule has 0 radical (unpaired) electrons. The highest BCUT2D eigenvalue weighted by Crippen LogP contribution is 2.34. The Balaban J connectivity index is 1.73. The Kier molecular flexibility index (Phi) is 7.55. The van der Waals surface area contributed by atoms with Crippen LogP contribution in [0.25, 0.3) is 11.8 Å². The van der Waals surface area contributed by atoms with E-state index in [-0.39, 0.29) is 12.3 Å². The van der Waals surface area contributed by atoms with Gasteiger partial charge in [-0.05, 0) is 75.1 Å². The predicted molar refractivity (Wildman–Crippen MR) is 126 cm³/mol. The van der Waals surface area contributed by atoms with Gasteiger partial charge in [0.1, 0.15) is 4.32 Å². The predicted octanol–water partition coefficient (Wildman–Crippen LogP) is 4.37. The highest BCUT2D eigenvalue weighted by atomic mass is 79.9. The number of thioether (sulfide) groups is 1. The fourth-order valence-electron chi connectivity index (χ4n) is 3.47. The van der Waals surface area contributed by atoms with Crippen molar-refractivity contribution in [2.45, 2.75) is 39.5 Å². The number of carbonyl (C=O) groups excluding carboxylic acids is 2. The molecular weight excluding hydrogens is 484 g/mol. The Bertz CT molecular complexity index is 1010. The van der Waals surface area contributed by atoms with Gasteiger partial charge in [0, 0.05) is 34.1 Å². The van der Waals surface area contributed by atoms with Crippen LogP contribution in [0.5, 0.6) is 0 Å². The molecule has 1 saturated heterocycles. The second-order valence-electron chi connectivity index (χ2n) is 7.15. The second kappa shape index (κ2) is 9.94. The molecule has 1 aromatic carbocycles. The number of aliphatic carboxylic acids is 1. The zero-order chi connectivity index (χ0) is 21.8. The summed E-state index contributed by atoms with van der Waals surface area (Å²) in [4.78, 5) is 25.5. The average Bonchev–Trinajstić information content (AvgIpc) is 3.11. The third-order valence-electron chi connectivity index (χ3n) is 4.98. The molecule has 2 aromatic rings. The van der Waals surface area contributed by atoms with E-state index in [1.807, 2.05) is 44.2 Å². The first kappa shape index (κ1) is 22.8. The van der Waals surface area contributed by atoms with Crippen LogP contribution in [0.3, 0.4) is 0 Å². The van der Waals surface area contributed by atoms with Gasteiger partial charge in [-0.3, -0.25) is 9.69 Å². The fourth-order valence-corrected chi connectivity index (χ4v) is 5.04. The molecule has 1 amide bonds. The number of rotatable bonds is 8. The molecule has 5 nitrogen and oxygen atoms in total. The van der Waals surface area contributed by atoms with Crippen molar-refractivity contribution in [2.75, 3.05) is 6.54 Å². The SMILES string of the molecule is Cc1cc(/C=C2\SC(=S)N(CCCCCC(=O)[O-])C2=O)c(C)n1-c1ccc(Br)cc1. The van der Waals surface area contributed by atoms with Gasteiger partial charge >= 0.3 is 0 Å². The molecule has 0 bridgehead atoms. The van der Waals surface area contributed by atoms with Gasteiger partial charge in [0.2, 0.25) is 0 Å². The van der Waals surface area contributed by atoms with Crippen LogP contribution < -0.4 is 5.11 Å². The van der Waals surface area contributed by atoms with Crippen molar-refractivity contribution < 1.29 is 14.7 Å². The van der Waals surface area contributed by atoms with Crippen LogP contribution in [-0.2, 0) is 9.59 Å². The number of aryl methyl sites for hydroxylation is 1. The third-order valence-corrected chi connectivity index (χ3v) is 6.88. The number of halogens is 1. The Labute approximate surface area is 194 Å². The quantitative estimate of drug-likeness (QED) is 0.302. The first-order chi connectivity index (χ1) is 14.3. The van der Waals surface area contributed by atoms with Crippen molar-refractivity contribution in [2.24, 2.45) is 0 Å². The van der Waals surface area contributed by atoms with Gasteiger partial charge in [0.05, 0.1) is 4.91 Å². The Morgan fingerprint density at radius 3 is 2.57 bits per heavy atom. The number of hydrogen-bond acceptors (Lipinski definition) is 5. The number of nitrogens with zero attached hydrogens (tertiary/aromatic N) is 2. The molecule has 30 heavy (non-hydrogen) atoms. The minimum atomic E-state index is -1.04. The topological polar surface area (TPSA) is 65.4 Å². The van der Waals surface area contributed by atoms with E-state index in [4.69, 9.17) is 12.2 Å². The molecule has 0 saturated carbocycles. The van der Waals surface area contributed by atoms with Crippen LogP contribution in [0.2, 0.25) is 0 Å². The first-order valence-electron chi connectivity index (χ1n) is 9.68. The van der Waals surface area contributed by atoms with Crippen molar-refractivity contribution in [3.8, 4) is 5.69 Å². The lowest BCUT2D eigenvalue weighted by atomic mass is 10.2. The molecule has 0 unspecified atom stereocenters. The van der Waals surface area contributed by atoms with E-state index >= 15 is 0 Å². The van der Waals surface area contributed by atoms with Crippen LogP contribution in [0.1, 0.15) is 42.6 Å². The van der Waals surface area contributed by atoms with Gasteiger partial charge in [0.25, 0.3) is 5.91 Å². The fraction of sp³-hybridized carbons (Fsp3) is 0.318. The zero-order valence-electron chi connectivity index (χ0n) is 16.8. The number of aromatic nitrogens is 1. The molecule has 1 aromatic heterocycles. The van der Waals surface area contributed by atoms with Crippen molar-refractivity contribution in [1.82, 2.24) is 9.47 Å². The molecule has 8 heteroatoms. The molecule has 0 spiro atoms. The molecule has 1 fully saturated rings. The number of carboxylic acid groups (broad SMARTS) is 1. The van der Waals surface area contributed by atoms with Gasteiger partial charge in [-0.2, -0.15) is 0 Å². The summed E-state index contributed by atoms with van der Waals surface area (Å²) >= 11 is 10.2. The van der Waals surface area contributed by atoms with Crippen molar-refractivity contribution >= 4 is 62.2 Å². The van der Waals surface area contributed by atoms with E-state index in [0.717, 1.165) is 33.5 Å². The van der Waals surface area contributed by atoms with Crippen LogP contribution in [0.15, 0.2) is 39.7 Å². The molecular formula is C22H22BrN2O3S2-. The van der Waals surface area contributed by atoms with Crippen molar-refractivity contribution in [3.05, 3.63) is 56.7 Å². The van der Waals surface area contributed by atoms with E-state index in [1.165, 1.54) is 11.8 Å². The molecule has 1 aliphatic rings. The molecule has 1 aliphatic heterocycles. The van der Waals surface area contributed by atoms with Crippen LogP contribution >= 0.6 is 39.9 Å². The summed E-state index contributed by atoms with van der Waals surface area (Å²) in [5.74, 6) is -1.12. The van der Waals surface area contributed by atoms with Gasteiger partial charge < -0.3 is 14.5 Å². The molecule has 0 atom stereocenters.